The van der Waals surface area contributed by atoms with Gasteiger partial charge in [-0.3, -0.25) is 4.79 Å². The second-order valence-corrected chi connectivity index (χ2v) is 4.07. The molecule has 0 spiro atoms. The van der Waals surface area contributed by atoms with Crippen LogP contribution in [0.5, 0.6) is 0 Å². The highest BCUT2D eigenvalue weighted by atomic mass is 16.3. The summed E-state index contributed by atoms with van der Waals surface area (Å²) in [6.45, 7) is 2.10. The van der Waals surface area contributed by atoms with Crippen LogP contribution in [-0.4, -0.2) is 9.67 Å². The fourth-order valence-electron chi connectivity index (χ4n) is 2.27. The Morgan fingerprint density at radius 2 is 2.14 bits per heavy atom. The zero-order valence-electron chi connectivity index (χ0n) is 8.53. The fraction of sp³-hybridized carbons (Fsp3) is 0.545. The molecule has 2 unspecified atom stereocenters. The van der Waals surface area contributed by atoms with Crippen molar-refractivity contribution in [3.8, 4) is 0 Å². The summed E-state index contributed by atoms with van der Waals surface area (Å²) in [5.41, 5.74) is 1.92. The number of aliphatic hydroxyl groups is 1. The average molecular weight is 193 g/mol. The van der Waals surface area contributed by atoms with Gasteiger partial charge in [-0.2, -0.15) is 0 Å². The van der Waals surface area contributed by atoms with Crippen molar-refractivity contribution in [3.63, 3.8) is 0 Å². The van der Waals surface area contributed by atoms with E-state index >= 15 is 0 Å². The van der Waals surface area contributed by atoms with Crippen LogP contribution in [0, 0.1) is 0 Å². The summed E-state index contributed by atoms with van der Waals surface area (Å²) in [6, 6.07) is 3.29. The van der Waals surface area contributed by atoms with Crippen molar-refractivity contribution in [1.82, 2.24) is 4.57 Å². The van der Waals surface area contributed by atoms with Crippen LogP contribution in [0.15, 0.2) is 16.9 Å². The van der Waals surface area contributed by atoms with Crippen LogP contribution in [0.1, 0.15) is 43.0 Å². The van der Waals surface area contributed by atoms with Crippen molar-refractivity contribution in [2.75, 3.05) is 0 Å². The summed E-state index contributed by atoms with van der Waals surface area (Å²) in [5, 5.41) is 9.78. The van der Waals surface area contributed by atoms with Gasteiger partial charge in [-0.05, 0) is 24.8 Å². The van der Waals surface area contributed by atoms with E-state index in [1.165, 1.54) is 6.07 Å². The van der Waals surface area contributed by atoms with Gasteiger partial charge in [-0.15, -0.1) is 0 Å². The highest BCUT2D eigenvalue weighted by Gasteiger charge is 2.25. The summed E-state index contributed by atoms with van der Waals surface area (Å²) < 4.78 is 1.66. The first-order valence-electron chi connectivity index (χ1n) is 4.99. The smallest absolute Gasteiger partial charge is 0.250 e. The molecule has 0 saturated carbocycles. The third-order valence-electron chi connectivity index (χ3n) is 3.09. The largest absolute Gasteiger partial charge is 0.388 e. The predicted octanol–water partition coefficient (Wildman–Crippen LogP) is 1.32. The molecule has 0 fully saturated rings. The lowest BCUT2D eigenvalue weighted by molar-refractivity contribution is 0.149. The topological polar surface area (TPSA) is 42.2 Å². The number of pyridine rings is 1. The van der Waals surface area contributed by atoms with E-state index in [-0.39, 0.29) is 5.56 Å². The van der Waals surface area contributed by atoms with Crippen LogP contribution in [-0.2, 0) is 7.05 Å². The van der Waals surface area contributed by atoms with Crippen molar-refractivity contribution in [3.05, 3.63) is 33.7 Å². The van der Waals surface area contributed by atoms with E-state index in [1.54, 1.807) is 17.7 Å². The van der Waals surface area contributed by atoms with Gasteiger partial charge in [-0.25, -0.2) is 0 Å². The van der Waals surface area contributed by atoms with Gasteiger partial charge in [0.05, 0.1) is 6.10 Å². The quantitative estimate of drug-likeness (QED) is 0.675. The maximum atomic E-state index is 11.4. The molecular formula is C11H15NO2. The minimum Gasteiger partial charge on any atom is -0.388 e. The molecule has 1 heterocycles. The second-order valence-electron chi connectivity index (χ2n) is 4.07. The molecule has 0 aliphatic heterocycles. The van der Waals surface area contributed by atoms with Crippen molar-refractivity contribution >= 4 is 0 Å². The summed E-state index contributed by atoms with van der Waals surface area (Å²) in [4.78, 5) is 11.4. The normalized spacial score (nSPS) is 25.9. The lowest BCUT2D eigenvalue weighted by atomic mass is 9.86. The highest BCUT2D eigenvalue weighted by molar-refractivity contribution is 5.28. The number of rotatable bonds is 0. The van der Waals surface area contributed by atoms with Crippen LogP contribution in [0.3, 0.4) is 0 Å². The predicted molar refractivity (Wildman–Crippen MR) is 54.3 cm³/mol. The number of fused-ring (bicyclic) bond motifs is 1. The van der Waals surface area contributed by atoms with E-state index in [9.17, 15) is 9.90 Å². The summed E-state index contributed by atoms with van der Waals surface area (Å²) >= 11 is 0. The zero-order chi connectivity index (χ0) is 10.3. The third-order valence-corrected chi connectivity index (χ3v) is 3.09. The Labute approximate surface area is 83.0 Å². The molecule has 0 saturated heterocycles. The molecule has 0 radical (unpaired) electrons. The summed E-state index contributed by atoms with van der Waals surface area (Å²) in [5.74, 6) is 0.368. The molecule has 14 heavy (non-hydrogen) atoms. The molecule has 3 nitrogen and oxygen atoms in total. The lowest BCUT2D eigenvalue weighted by Crippen LogP contribution is -2.26. The molecule has 1 N–H and O–H groups in total. The molecule has 2 atom stereocenters. The maximum absolute atomic E-state index is 11.4. The van der Waals surface area contributed by atoms with E-state index in [0.29, 0.717) is 5.92 Å². The van der Waals surface area contributed by atoms with Crippen molar-refractivity contribution in [1.29, 1.82) is 0 Å². The minimum atomic E-state index is -0.395. The van der Waals surface area contributed by atoms with E-state index in [0.717, 1.165) is 24.1 Å². The van der Waals surface area contributed by atoms with Gasteiger partial charge in [0.15, 0.2) is 0 Å². The first kappa shape index (κ1) is 9.46. The number of hydrogen-bond donors (Lipinski definition) is 1. The molecular weight excluding hydrogens is 178 g/mol. The molecule has 0 aromatic carbocycles. The summed E-state index contributed by atoms with van der Waals surface area (Å²) in [6.07, 6.45) is 1.35. The first-order chi connectivity index (χ1) is 6.61. The molecule has 2 rings (SSSR count). The second kappa shape index (κ2) is 3.24. The molecule has 1 aromatic rings. The zero-order valence-corrected chi connectivity index (χ0v) is 8.53. The molecule has 3 heteroatoms. The number of nitrogens with zero attached hydrogens (tertiary/aromatic N) is 1. The third kappa shape index (κ3) is 1.28. The molecule has 1 aromatic heterocycles. The molecule has 0 amide bonds. The molecule has 1 aliphatic rings. The van der Waals surface area contributed by atoms with Gasteiger partial charge in [0.2, 0.25) is 5.56 Å². The van der Waals surface area contributed by atoms with Crippen LogP contribution in [0.25, 0.3) is 0 Å². The SMILES string of the molecule is CC1CCC(O)c2ccc(=O)n(C)c21. The van der Waals surface area contributed by atoms with Gasteiger partial charge in [-0.1, -0.05) is 6.92 Å². The van der Waals surface area contributed by atoms with Gasteiger partial charge in [0, 0.05) is 24.4 Å². The lowest BCUT2D eigenvalue weighted by Gasteiger charge is -2.28. The summed E-state index contributed by atoms with van der Waals surface area (Å²) in [7, 11) is 1.77. The van der Waals surface area contributed by atoms with Crippen molar-refractivity contribution in [2.24, 2.45) is 7.05 Å². The standard InChI is InChI=1S/C11H15NO2/c1-7-3-5-9(13)8-4-6-10(14)12(2)11(7)8/h4,6-7,9,13H,3,5H2,1-2H3. The maximum Gasteiger partial charge on any atom is 0.250 e. The Balaban J connectivity index is 2.67. The fourth-order valence-corrected chi connectivity index (χ4v) is 2.27. The Bertz CT molecular complexity index is 408. The van der Waals surface area contributed by atoms with E-state index in [2.05, 4.69) is 6.92 Å². The Kier molecular flexibility index (Phi) is 2.19. The Hall–Kier alpha value is -1.09. The van der Waals surface area contributed by atoms with Crippen LogP contribution >= 0.6 is 0 Å². The minimum absolute atomic E-state index is 0.00435. The van der Waals surface area contributed by atoms with E-state index in [1.807, 2.05) is 0 Å². The Morgan fingerprint density at radius 3 is 2.86 bits per heavy atom. The molecule has 76 valence electrons. The first-order valence-corrected chi connectivity index (χ1v) is 4.99. The van der Waals surface area contributed by atoms with Gasteiger partial charge in [0.25, 0.3) is 0 Å². The monoisotopic (exact) mass is 193 g/mol. The number of aromatic nitrogens is 1. The van der Waals surface area contributed by atoms with Crippen LogP contribution in [0.4, 0.5) is 0 Å². The highest BCUT2D eigenvalue weighted by Crippen LogP contribution is 2.35. The average Bonchev–Trinajstić information content (AvgIpc) is 2.16. The van der Waals surface area contributed by atoms with Crippen molar-refractivity contribution < 1.29 is 5.11 Å². The molecule has 1 aliphatic carbocycles. The van der Waals surface area contributed by atoms with Gasteiger partial charge < -0.3 is 9.67 Å². The molecule has 0 bridgehead atoms. The number of aliphatic hydroxyl groups excluding tert-OH is 1. The van der Waals surface area contributed by atoms with E-state index < -0.39 is 6.10 Å². The van der Waals surface area contributed by atoms with Crippen LogP contribution in [0.2, 0.25) is 0 Å². The van der Waals surface area contributed by atoms with Crippen LogP contribution < -0.4 is 5.56 Å². The van der Waals surface area contributed by atoms with Crippen molar-refractivity contribution in [2.45, 2.75) is 31.8 Å². The van der Waals surface area contributed by atoms with E-state index in [4.69, 9.17) is 0 Å². The van der Waals surface area contributed by atoms with Gasteiger partial charge >= 0.3 is 0 Å². The van der Waals surface area contributed by atoms with Gasteiger partial charge in [0.1, 0.15) is 0 Å². The Morgan fingerprint density at radius 1 is 1.43 bits per heavy atom. The number of hydrogen-bond acceptors (Lipinski definition) is 2.